The van der Waals surface area contributed by atoms with Crippen molar-refractivity contribution in [3.8, 4) is 0 Å². The third kappa shape index (κ3) is 4.54. The van der Waals surface area contributed by atoms with E-state index in [2.05, 4.69) is 147 Å². The van der Waals surface area contributed by atoms with Gasteiger partial charge in [0.05, 0.1) is 12.0 Å². The summed E-state index contributed by atoms with van der Waals surface area (Å²) >= 11 is 5.65. The number of hydrogen-bond acceptors (Lipinski definition) is 3. The lowest BCUT2D eigenvalue weighted by atomic mass is 9.77. The summed E-state index contributed by atoms with van der Waals surface area (Å²) in [4.78, 5) is 4.92. The smallest absolute Gasteiger partial charge is 0.195 e. The summed E-state index contributed by atoms with van der Waals surface area (Å²) in [6, 6.07) is 40.6. The molecule has 1 aliphatic carbocycles. The number of aromatic amines is 1. The Morgan fingerprint density at radius 1 is 0.762 bits per heavy atom. The van der Waals surface area contributed by atoms with Crippen molar-refractivity contribution in [3.05, 3.63) is 178 Å². The van der Waals surface area contributed by atoms with Crippen LogP contribution in [-0.4, -0.2) is 24.3 Å². The van der Waals surface area contributed by atoms with E-state index in [1.807, 2.05) is 6.33 Å². The lowest BCUT2D eigenvalue weighted by molar-refractivity contribution is 0.514. The van der Waals surface area contributed by atoms with E-state index < -0.39 is 5.54 Å². The Kier molecular flexibility index (Phi) is 6.98. The summed E-state index contributed by atoms with van der Waals surface area (Å²) in [5, 5.41) is 7.64. The van der Waals surface area contributed by atoms with Crippen LogP contribution in [0.15, 0.2) is 134 Å². The molecule has 4 aromatic carbocycles. The minimum absolute atomic E-state index is 0.558. The Morgan fingerprint density at radius 3 is 2.00 bits per heavy atom. The van der Waals surface area contributed by atoms with Crippen molar-refractivity contribution < 1.29 is 0 Å². The summed E-state index contributed by atoms with van der Waals surface area (Å²) in [5.74, 6) is 0.909. The minimum atomic E-state index is -0.558. The van der Waals surface area contributed by atoms with E-state index in [4.69, 9.17) is 17.2 Å². The Balaban J connectivity index is 1.20. The maximum Gasteiger partial charge on any atom is 0.195 e. The number of allylic oxidation sites excluding steroid dienone is 1. The van der Waals surface area contributed by atoms with Crippen molar-refractivity contribution in [2.75, 3.05) is 0 Å². The Labute approximate surface area is 250 Å². The first-order chi connectivity index (χ1) is 20.7. The van der Waals surface area contributed by atoms with Crippen LogP contribution in [0.5, 0.6) is 0 Å². The van der Waals surface area contributed by atoms with Gasteiger partial charge in [0.15, 0.2) is 10.6 Å². The van der Waals surface area contributed by atoms with E-state index >= 15 is 0 Å². The van der Waals surface area contributed by atoms with E-state index in [1.165, 1.54) is 27.8 Å². The fraction of sp³-hybridized carbons (Fsp3) is 0.139. The maximum absolute atomic E-state index is 5.65. The van der Waals surface area contributed by atoms with E-state index in [1.54, 1.807) is 0 Å². The molecular formula is C36H31N5S. The molecule has 7 rings (SSSR count). The van der Waals surface area contributed by atoms with Crippen molar-refractivity contribution >= 4 is 17.8 Å². The third-order valence-corrected chi connectivity index (χ3v) is 8.56. The van der Waals surface area contributed by atoms with Gasteiger partial charge in [-0.1, -0.05) is 121 Å². The highest BCUT2D eigenvalue weighted by molar-refractivity contribution is 7.71. The lowest BCUT2D eigenvalue weighted by Gasteiger charge is -2.37. The van der Waals surface area contributed by atoms with Gasteiger partial charge in [-0.05, 0) is 59.3 Å². The van der Waals surface area contributed by atoms with Crippen molar-refractivity contribution in [1.29, 1.82) is 0 Å². The van der Waals surface area contributed by atoms with Crippen LogP contribution in [0.2, 0.25) is 0 Å². The fourth-order valence-electron chi connectivity index (χ4n) is 6.31. The third-order valence-electron chi connectivity index (χ3n) is 8.25. The number of fused-ring (bicyclic) bond motifs is 1. The van der Waals surface area contributed by atoms with Crippen molar-refractivity contribution in [2.45, 2.75) is 31.3 Å². The van der Waals surface area contributed by atoms with Gasteiger partial charge in [-0.3, -0.25) is 5.10 Å². The molecule has 0 aliphatic heterocycles. The molecule has 5 nitrogen and oxygen atoms in total. The fourth-order valence-corrected chi connectivity index (χ4v) is 6.53. The second-order valence-electron chi connectivity index (χ2n) is 10.7. The molecule has 0 saturated carbocycles. The monoisotopic (exact) mass is 565 g/mol. The molecule has 206 valence electrons. The molecule has 1 N–H and O–H groups in total. The summed E-state index contributed by atoms with van der Waals surface area (Å²) in [6.07, 6.45) is 9.08. The minimum Gasteiger partial charge on any atom is -0.319 e. The summed E-state index contributed by atoms with van der Waals surface area (Å²) < 4.78 is 5.05. The predicted octanol–water partition coefficient (Wildman–Crippen LogP) is 7.60. The Hall–Kier alpha value is -4.81. The quantitative estimate of drug-likeness (QED) is 0.145. The number of benzene rings is 4. The number of hydrogen-bond donors (Lipinski definition) is 1. The van der Waals surface area contributed by atoms with Crippen molar-refractivity contribution in [1.82, 2.24) is 24.3 Å². The molecule has 1 aliphatic rings. The highest BCUT2D eigenvalue weighted by atomic mass is 32.1. The van der Waals surface area contributed by atoms with Gasteiger partial charge in [0.1, 0.15) is 5.54 Å². The second kappa shape index (κ2) is 11.2. The van der Waals surface area contributed by atoms with E-state index in [0.717, 1.165) is 42.9 Å². The van der Waals surface area contributed by atoms with Crippen LogP contribution < -0.4 is 0 Å². The molecule has 0 radical (unpaired) electrons. The van der Waals surface area contributed by atoms with Crippen LogP contribution in [-0.2, 0) is 24.9 Å². The van der Waals surface area contributed by atoms with Gasteiger partial charge in [-0.2, -0.15) is 5.10 Å². The molecule has 2 aromatic heterocycles. The molecule has 2 heterocycles. The molecule has 0 amide bonds. The Bertz CT molecular complexity index is 1800. The van der Waals surface area contributed by atoms with Crippen molar-refractivity contribution in [3.63, 3.8) is 0 Å². The van der Waals surface area contributed by atoms with E-state index in [-0.39, 0.29) is 0 Å². The standard InChI is InChI=1S/C36H31N5S/c42-35-39-38-34(33-23-22-27-13-10-11-21-32(27)33)41(35)24-12-20-31-25-40(26-37-31)36(28-14-4-1-5-15-28,29-16-6-2-7-17-29)30-18-8-3-9-19-30/h1-11,13-19,21,23,25-26H,12,20,22,24H2,(H,39,42). The highest BCUT2D eigenvalue weighted by Gasteiger charge is 2.38. The molecule has 0 atom stereocenters. The van der Waals surface area contributed by atoms with Crippen LogP contribution >= 0.6 is 12.2 Å². The van der Waals surface area contributed by atoms with Crippen LogP contribution in [0.4, 0.5) is 0 Å². The number of rotatable bonds is 9. The zero-order valence-corrected chi connectivity index (χ0v) is 24.0. The molecule has 0 bridgehead atoms. The topological polar surface area (TPSA) is 51.4 Å². The number of aromatic nitrogens is 5. The number of nitrogens with zero attached hydrogens (tertiary/aromatic N) is 4. The Morgan fingerprint density at radius 2 is 1.36 bits per heavy atom. The first-order valence-corrected chi connectivity index (χ1v) is 14.8. The zero-order valence-electron chi connectivity index (χ0n) is 23.2. The molecule has 0 fully saturated rings. The SMILES string of the molecule is S=c1[nH]nc(C2=CCc3ccccc32)n1CCCc1cn(C(c2ccccc2)(c2ccccc2)c2ccccc2)cn1. The number of H-pyrrole nitrogens is 1. The lowest BCUT2D eigenvalue weighted by Crippen LogP contribution is -2.36. The molecular weight excluding hydrogens is 534 g/mol. The van der Waals surface area contributed by atoms with Gasteiger partial charge >= 0.3 is 0 Å². The van der Waals surface area contributed by atoms with Crippen LogP contribution in [0.3, 0.4) is 0 Å². The normalized spacial score (nSPS) is 12.7. The molecule has 42 heavy (non-hydrogen) atoms. The zero-order chi connectivity index (χ0) is 28.4. The molecule has 0 unspecified atom stereocenters. The highest BCUT2D eigenvalue weighted by Crippen LogP contribution is 2.41. The van der Waals surface area contributed by atoms with E-state index in [9.17, 15) is 0 Å². The largest absolute Gasteiger partial charge is 0.319 e. The average Bonchev–Trinajstić information content (AvgIpc) is 3.79. The number of imidazole rings is 1. The maximum atomic E-state index is 5.65. The predicted molar refractivity (Wildman–Crippen MR) is 170 cm³/mol. The molecule has 0 saturated heterocycles. The van der Waals surface area contributed by atoms with Crippen LogP contribution in [0, 0.1) is 4.77 Å². The molecule has 6 aromatic rings. The summed E-state index contributed by atoms with van der Waals surface area (Å²) in [6.45, 7) is 0.762. The summed E-state index contributed by atoms with van der Waals surface area (Å²) in [7, 11) is 0. The van der Waals surface area contributed by atoms with Crippen molar-refractivity contribution in [2.24, 2.45) is 0 Å². The first-order valence-electron chi connectivity index (χ1n) is 14.4. The summed E-state index contributed by atoms with van der Waals surface area (Å²) in [5.41, 5.74) is 7.77. The van der Waals surface area contributed by atoms with Gasteiger partial charge in [-0.25, -0.2) is 4.98 Å². The van der Waals surface area contributed by atoms with Gasteiger partial charge in [0.2, 0.25) is 0 Å². The van der Waals surface area contributed by atoms with Crippen LogP contribution in [0.25, 0.3) is 5.57 Å². The van der Waals surface area contributed by atoms with Gasteiger partial charge in [-0.15, -0.1) is 0 Å². The van der Waals surface area contributed by atoms with Gasteiger partial charge in [0, 0.05) is 18.3 Å². The molecule has 6 heteroatoms. The average molecular weight is 566 g/mol. The van der Waals surface area contributed by atoms with Gasteiger partial charge in [0.25, 0.3) is 0 Å². The van der Waals surface area contributed by atoms with Gasteiger partial charge < -0.3 is 9.13 Å². The second-order valence-corrected chi connectivity index (χ2v) is 11.1. The number of nitrogens with one attached hydrogen (secondary N) is 1. The number of aryl methyl sites for hydroxylation is 1. The molecule has 0 spiro atoms. The first kappa shape index (κ1) is 26.1. The van der Waals surface area contributed by atoms with E-state index in [0.29, 0.717) is 4.77 Å². The van der Waals surface area contributed by atoms with Crippen LogP contribution in [0.1, 0.15) is 45.8 Å².